The SMILES string of the molecule is CC(C)NCC(CCSC(F)(F)F)c1ccc(Br)cc1. The van der Waals surface area contributed by atoms with Crippen LogP contribution in [0.15, 0.2) is 28.7 Å². The van der Waals surface area contributed by atoms with E-state index in [4.69, 9.17) is 0 Å². The minimum atomic E-state index is -4.14. The zero-order chi connectivity index (χ0) is 15.2. The zero-order valence-electron chi connectivity index (χ0n) is 11.5. The molecule has 0 heterocycles. The highest BCUT2D eigenvalue weighted by Crippen LogP contribution is 2.33. The van der Waals surface area contributed by atoms with Crippen molar-refractivity contribution in [3.05, 3.63) is 34.3 Å². The normalized spacial score (nSPS) is 13.8. The maximum atomic E-state index is 12.2. The lowest BCUT2D eigenvalue weighted by Crippen LogP contribution is -2.28. The minimum absolute atomic E-state index is 0.0569. The molecule has 0 aliphatic carbocycles. The van der Waals surface area contributed by atoms with E-state index in [0.29, 0.717) is 19.0 Å². The Morgan fingerprint density at radius 2 is 1.80 bits per heavy atom. The maximum Gasteiger partial charge on any atom is 0.441 e. The molecule has 0 spiro atoms. The highest BCUT2D eigenvalue weighted by Gasteiger charge is 2.28. The van der Waals surface area contributed by atoms with Crippen molar-refractivity contribution in [3.8, 4) is 0 Å². The molecule has 0 radical (unpaired) electrons. The average Bonchev–Trinajstić information content (AvgIpc) is 2.33. The third kappa shape index (κ3) is 7.55. The summed E-state index contributed by atoms with van der Waals surface area (Å²) < 4.78 is 37.6. The van der Waals surface area contributed by atoms with Crippen molar-refractivity contribution < 1.29 is 13.2 Å². The van der Waals surface area contributed by atoms with Crippen molar-refractivity contribution in [1.29, 1.82) is 0 Å². The Hall–Kier alpha value is -0.200. The molecule has 114 valence electrons. The summed E-state index contributed by atoms with van der Waals surface area (Å²) in [5.41, 5.74) is -3.07. The second-order valence-electron chi connectivity index (χ2n) is 4.89. The van der Waals surface area contributed by atoms with Gasteiger partial charge < -0.3 is 5.32 Å². The van der Waals surface area contributed by atoms with E-state index in [1.54, 1.807) is 0 Å². The number of benzene rings is 1. The van der Waals surface area contributed by atoms with Gasteiger partial charge in [0.05, 0.1) is 0 Å². The highest BCUT2D eigenvalue weighted by atomic mass is 79.9. The fourth-order valence-electron chi connectivity index (χ4n) is 1.82. The third-order valence-corrected chi connectivity index (χ3v) is 4.14. The summed E-state index contributed by atoms with van der Waals surface area (Å²) in [4.78, 5) is 0. The second kappa shape index (κ2) is 8.29. The number of alkyl halides is 3. The Balaban J connectivity index is 2.62. The molecule has 1 aromatic rings. The number of hydrogen-bond donors (Lipinski definition) is 1. The topological polar surface area (TPSA) is 12.0 Å². The Morgan fingerprint density at radius 3 is 2.30 bits per heavy atom. The summed E-state index contributed by atoms with van der Waals surface area (Å²) in [7, 11) is 0. The Bertz CT molecular complexity index is 392. The molecule has 6 heteroatoms. The molecular formula is C14H19BrF3NS. The van der Waals surface area contributed by atoms with E-state index < -0.39 is 5.51 Å². The molecule has 1 N–H and O–H groups in total. The van der Waals surface area contributed by atoms with Gasteiger partial charge in [-0.25, -0.2) is 0 Å². The van der Waals surface area contributed by atoms with Crippen LogP contribution >= 0.6 is 27.7 Å². The summed E-state index contributed by atoms with van der Waals surface area (Å²) in [5.74, 6) is 0.185. The molecule has 1 aromatic carbocycles. The van der Waals surface area contributed by atoms with Gasteiger partial charge in [-0.05, 0) is 30.0 Å². The van der Waals surface area contributed by atoms with E-state index in [1.165, 1.54) is 0 Å². The van der Waals surface area contributed by atoms with E-state index in [-0.39, 0.29) is 23.4 Å². The fraction of sp³-hybridized carbons (Fsp3) is 0.571. The summed E-state index contributed by atoms with van der Waals surface area (Å²) in [6.45, 7) is 4.75. The molecule has 0 aliphatic heterocycles. The smallest absolute Gasteiger partial charge is 0.314 e. The van der Waals surface area contributed by atoms with Crippen LogP contribution in [-0.4, -0.2) is 23.8 Å². The van der Waals surface area contributed by atoms with E-state index in [2.05, 4.69) is 21.2 Å². The van der Waals surface area contributed by atoms with Gasteiger partial charge in [0, 0.05) is 22.8 Å². The fourth-order valence-corrected chi connectivity index (χ4v) is 2.71. The molecule has 1 nitrogen and oxygen atoms in total. The van der Waals surface area contributed by atoms with Crippen LogP contribution in [0.3, 0.4) is 0 Å². The molecule has 0 aromatic heterocycles. The van der Waals surface area contributed by atoms with Crippen LogP contribution in [0.1, 0.15) is 31.7 Å². The summed E-state index contributed by atoms with van der Waals surface area (Å²) in [6.07, 6.45) is 0.505. The van der Waals surface area contributed by atoms with E-state index in [0.717, 1.165) is 10.0 Å². The molecule has 1 atom stereocenters. The summed E-state index contributed by atoms with van der Waals surface area (Å²) >= 11 is 3.42. The van der Waals surface area contributed by atoms with Crippen LogP contribution in [0, 0.1) is 0 Å². The van der Waals surface area contributed by atoms with Crippen LogP contribution in [0.2, 0.25) is 0 Å². The zero-order valence-corrected chi connectivity index (χ0v) is 13.9. The predicted octanol–water partition coefficient (Wildman–Crippen LogP) is 5.17. The number of halogens is 4. The van der Waals surface area contributed by atoms with Gasteiger partial charge in [0.25, 0.3) is 0 Å². The average molecular weight is 370 g/mol. The van der Waals surface area contributed by atoms with Crippen LogP contribution in [-0.2, 0) is 0 Å². The summed E-state index contributed by atoms with van der Waals surface area (Å²) in [5, 5.41) is 3.30. The van der Waals surface area contributed by atoms with Gasteiger partial charge in [0.2, 0.25) is 0 Å². The molecule has 0 amide bonds. The maximum absolute atomic E-state index is 12.2. The first-order chi connectivity index (χ1) is 9.28. The van der Waals surface area contributed by atoms with Crippen molar-refractivity contribution in [2.24, 2.45) is 0 Å². The van der Waals surface area contributed by atoms with Gasteiger partial charge in [0.15, 0.2) is 0 Å². The number of rotatable bonds is 7. The number of nitrogens with one attached hydrogen (secondary N) is 1. The van der Waals surface area contributed by atoms with E-state index in [9.17, 15) is 13.2 Å². The van der Waals surface area contributed by atoms with E-state index in [1.807, 2.05) is 38.1 Å². The van der Waals surface area contributed by atoms with E-state index >= 15 is 0 Å². The highest BCUT2D eigenvalue weighted by molar-refractivity contribution is 9.10. The lowest BCUT2D eigenvalue weighted by atomic mass is 9.96. The predicted molar refractivity (Wildman–Crippen MR) is 83.2 cm³/mol. The Labute approximate surface area is 130 Å². The molecule has 0 saturated carbocycles. The van der Waals surface area contributed by atoms with Crippen molar-refractivity contribution in [3.63, 3.8) is 0 Å². The van der Waals surface area contributed by atoms with Crippen LogP contribution in [0.25, 0.3) is 0 Å². The molecule has 1 rings (SSSR count). The van der Waals surface area contributed by atoms with Gasteiger partial charge in [-0.1, -0.05) is 53.7 Å². The lowest BCUT2D eigenvalue weighted by Gasteiger charge is -2.20. The molecular weight excluding hydrogens is 351 g/mol. The number of thioether (sulfide) groups is 1. The molecule has 0 saturated heterocycles. The van der Waals surface area contributed by atoms with Crippen molar-refractivity contribution in [1.82, 2.24) is 5.32 Å². The lowest BCUT2D eigenvalue weighted by molar-refractivity contribution is -0.0328. The first-order valence-electron chi connectivity index (χ1n) is 6.47. The van der Waals surface area contributed by atoms with Crippen LogP contribution in [0.4, 0.5) is 13.2 Å². The van der Waals surface area contributed by atoms with Gasteiger partial charge >= 0.3 is 5.51 Å². The molecule has 0 aliphatic rings. The molecule has 1 unspecified atom stereocenters. The standard InChI is InChI=1S/C14H19BrF3NS/c1-10(2)19-9-12(7-8-20-14(16,17)18)11-3-5-13(15)6-4-11/h3-6,10,12,19H,7-9H2,1-2H3. The molecule has 20 heavy (non-hydrogen) atoms. The van der Waals surface area contributed by atoms with Gasteiger partial charge in [-0.3, -0.25) is 0 Å². The largest absolute Gasteiger partial charge is 0.441 e. The van der Waals surface area contributed by atoms with Crippen LogP contribution in [0.5, 0.6) is 0 Å². The Morgan fingerprint density at radius 1 is 1.20 bits per heavy atom. The monoisotopic (exact) mass is 369 g/mol. The second-order valence-corrected chi connectivity index (χ2v) is 6.97. The van der Waals surface area contributed by atoms with Gasteiger partial charge in [0.1, 0.15) is 0 Å². The first-order valence-corrected chi connectivity index (χ1v) is 8.25. The van der Waals surface area contributed by atoms with Crippen molar-refractivity contribution in [2.45, 2.75) is 37.7 Å². The van der Waals surface area contributed by atoms with Crippen molar-refractivity contribution in [2.75, 3.05) is 12.3 Å². The Kier molecular flexibility index (Phi) is 7.40. The minimum Gasteiger partial charge on any atom is -0.314 e. The van der Waals surface area contributed by atoms with Crippen molar-refractivity contribution >= 4 is 27.7 Å². The first kappa shape index (κ1) is 17.9. The number of hydrogen-bond acceptors (Lipinski definition) is 2. The van der Waals surface area contributed by atoms with Gasteiger partial charge in [-0.2, -0.15) is 13.2 Å². The molecule has 0 bridgehead atoms. The third-order valence-electron chi connectivity index (χ3n) is 2.85. The van der Waals surface area contributed by atoms with Crippen LogP contribution < -0.4 is 5.32 Å². The van der Waals surface area contributed by atoms with Gasteiger partial charge in [-0.15, -0.1) is 0 Å². The quantitative estimate of drug-likeness (QED) is 0.710. The summed E-state index contributed by atoms with van der Waals surface area (Å²) in [6, 6.07) is 8.11. The molecule has 0 fully saturated rings.